The standard InChI is InChI=1S/C28H29N5O3/c1-5-7-16-36-28(35)19-12-14-20(15-13-19)33-25-23(27(34)32(17(3)6-2)18(4)29-25)24-26(33)31-22-11-9-8-10-21(22)30-24/h8-15,17H,5-7,16H2,1-4H3/t17-/m1/s1. The second kappa shape index (κ2) is 9.53. The van der Waals surface area contributed by atoms with E-state index in [9.17, 15) is 9.59 Å². The third kappa shape index (κ3) is 3.92. The van der Waals surface area contributed by atoms with Crippen molar-refractivity contribution in [3.8, 4) is 5.69 Å². The smallest absolute Gasteiger partial charge is 0.338 e. The molecule has 0 aliphatic rings. The Morgan fingerprint density at radius 3 is 2.33 bits per heavy atom. The molecule has 1 atom stereocenters. The summed E-state index contributed by atoms with van der Waals surface area (Å²) in [5.74, 6) is 0.278. The summed E-state index contributed by atoms with van der Waals surface area (Å²) in [7, 11) is 0. The van der Waals surface area contributed by atoms with Crippen molar-refractivity contribution < 1.29 is 9.53 Å². The van der Waals surface area contributed by atoms with Crippen LogP contribution in [0.3, 0.4) is 0 Å². The zero-order valence-electron chi connectivity index (χ0n) is 21.0. The zero-order chi connectivity index (χ0) is 25.4. The van der Waals surface area contributed by atoms with Crippen LogP contribution in [-0.4, -0.2) is 36.7 Å². The van der Waals surface area contributed by atoms with Crippen LogP contribution in [0.5, 0.6) is 0 Å². The molecule has 2 aromatic carbocycles. The van der Waals surface area contributed by atoms with Gasteiger partial charge < -0.3 is 4.74 Å². The lowest BCUT2D eigenvalue weighted by molar-refractivity contribution is 0.0500. The lowest BCUT2D eigenvalue weighted by Gasteiger charge is -2.16. The number of carbonyl (C=O) groups excluding carboxylic acids is 1. The Morgan fingerprint density at radius 2 is 1.67 bits per heavy atom. The van der Waals surface area contributed by atoms with E-state index in [-0.39, 0.29) is 17.6 Å². The summed E-state index contributed by atoms with van der Waals surface area (Å²) >= 11 is 0. The summed E-state index contributed by atoms with van der Waals surface area (Å²) in [6, 6.07) is 14.7. The van der Waals surface area contributed by atoms with E-state index in [1.54, 1.807) is 16.7 Å². The number of carbonyl (C=O) groups is 1. The van der Waals surface area contributed by atoms with Crippen LogP contribution in [0.1, 0.15) is 62.3 Å². The fourth-order valence-corrected chi connectivity index (χ4v) is 4.50. The molecular weight excluding hydrogens is 454 g/mol. The van der Waals surface area contributed by atoms with Gasteiger partial charge in [0, 0.05) is 11.7 Å². The van der Waals surface area contributed by atoms with Gasteiger partial charge in [0.15, 0.2) is 11.3 Å². The van der Waals surface area contributed by atoms with Crippen LogP contribution >= 0.6 is 0 Å². The Balaban J connectivity index is 1.76. The third-order valence-corrected chi connectivity index (χ3v) is 6.61. The van der Waals surface area contributed by atoms with Crippen LogP contribution < -0.4 is 5.56 Å². The zero-order valence-corrected chi connectivity index (χ0v) is 21.0. The van der Waals surface area contributed by atoms with Crippen LogP contribution in [0.2, 0.25) is 0 Å². The Morgan fingerprint density at radius 1 is 0.972 bits per heavy atom. The topological polar surface area (TPSA) is 91.9 Å². The molecule has 0 unspecified atom stereocenters. The van der Waals surface area contributed by atoms with Crippen LogP contribution in [0.15, 0.2) is 53.3 Å². The molecule has 0 fully saturated rings. The summed E-state index contributed by atoms with van der Waals surface area (Å²) < 4.78 is 8.93. The van der Waals surface area contributed by atoms with Crippen molar-refractivity contribution in [2.75, 3.05) is 6.61 Å². The summed E-state index contributed by atoms with van der Waals surface area (Å²) in [5, 5.41) is 0.442. The molecule has 36 heavy (non-hydrogen) atoms. The number of aromatic nitrogens is 5. The van der Waals surface area contributed by atoms with E-state index in [4.69, 9.17) is 19.7 Å². The molecule has 0 aliphatic heterocycles. The second-order valence-corrected chi connectivity index (χ2v) is 9.05. The van der Waals surface area contributed by atoms with Gasteiger partial charge in [-0.25, -0.2) is 19.7 Å². The summed E-state index contributed by atoms with van der Waals surface area (Å²) in [6.07, 6.45) is 2.59. The first-order valence-electron chi connectivity index (χ1n) is 12.4. The number of hydrogen-bond donors (Lipinski definition) is 0. The Bertz CT molecular complexity index is 1650. The molecule has 0 radical (unpaired) electrons. The minimum Gasteiger partial charge on any atom is -0.462 e. The molecule has 0 N–H and O–H groups in total. The van der Waals surface area contributed by atoms with E-state index in [0.29, 0.717) is 45.7 Å². The molecule has 5 aromatic rings. The van der Waals surface area contributed by atoms with Crippen molar-refractivity contribution in [2.24, 2.45) is 0 Å². The number of benzene rings is 2. The fourth-order valence-electron chi connectivity index (χ4n) is 4.50. The Hall–Kier alpha value is -4.07. The molecule has 8 heteroatoms. The number of rotatable bonds is 7. The molecule has 0 amide bonds. The number of fused-ring (bicyclic) bond motifs is 4. The normalized spacial score (nSPS) is 12.4. The second-order valence-electron chi connectivity index (χ2n) is 9.05. The van der Waals surface area contributed by atoms with E-state index < -0.39 is 0 Å². The molecule has 0 saturated heterocycles. The van der Waals surface area contributed by atoms with Gasteiger partial charge in [-0.15, -0.1) is 0 Å². The van der Waals surface area contributed by atoms with Gasteiger partial charge in [0.1, 0.15) is 16.7 Å². The van der Waals surface area contributed by atoms with E-state index in [0.717, 1.165) is 30.5 Å². The molecule has 0 aliphatic carbocycles. The number of aryl methyl sites for hydroxylation is 1. The van der Waals surface area contributed by atoms with E-state index in [1.807, 2.05) is 68.7 Å². The lowest BCUT2D eigenvalue weighted by Crippen LogP contribution is -2.26. The van der Waals surface area contributed by atoms with Crippen molar-refractivity contribution in [1.82, 2.24) is 24.1 Å². The number of unbranched alkanes of at least 4 members (excludes halogenated alkanes) is 1. The maximum absolute atomic E-state index is 13.8. The number of hydrogen-bond acceptors (Lipinski definition) is 6. The number of esters is 1. The minimum absolute atomic E-state index is 0.000722. The van der Waals surface area contributed by atoms with Crippen molar-refractivity contribution >= 4 is 39.2 Å². The molecule has 0 saturated carbocycles. The van der Waals surface area contributed by atoms with Crippen LogP contribution in [0, 0.1) is 6.92 Å². The quantitative estimate of drug-likeness (QED) is 0.224. The highest BCUT2D eigenvalue weighted by molar-refractivity contribution is 6.06. The minimum atomic E-state index is -0.353. The predicted octanol–water partition coefficient (Wildman–Crippen LogP) is 5.52. The van der Waals surface area contributed by atoms with Gasteiger partial charge in [0.25, 0.3) is 5.56 Å². The summed E-state index contributed by atoms with van der Waals surface area (Å²) in [6.45, 7) is 8.36. The molecule has 5 rings (SSSR count). The van der Waals surface area contributed by atoms with E-state index in [2.05, 4.69) is 0 Å². The maximum atomic E-state index is 13.8. The average molecular weight is 484 g/mol. The first kappa shape index (κ1) is 23.7. The van der Waals surface area contributed by atoms with Gasteiger partial charge in [0.2, 0.25) is 0 Å². The van der Waals surface area contributed by atoms with Gasteiger partial charge in [-0.2, -0.15) is 0 Å². The highest BCUT2D eigenvalue weighted by atomic mass is 16.5. The van der Waals surface area contributed by atoms with Crippen molar-refractivity contribution in [1.29, 1.82) is 0 Å². The molecule has 0 bridgehead atoms. The van der Waals surface area contributed by atoms with Crippen LogP contribution in [0.25, 0.3) is 38.9 Å². The van der Waals surface area contributed by atoms with Crippen LogP contribution in [0.4, 0.5) is 0 Å². The number of ether oxygens (including phenoxy) is 1. The van der Waals surface area contributed by atoms with E-state index >= 15 is 0 Å². The maximum Gasteiger partial charge on any atom is 0.338 e. The third-order valence-electron chi connectivity index (χ3n) is 6.61. The Kier molecular flexibility index (Phi) is 6.26. The van der Waals surface area contributed by atoms with Gasteiger partial charge in [-0.3, -0.25) is 13.9 Å². The predicted molar refractivity (Wildman–Crippen MR) is 141 cm³/mol. The van der Waals surface area contributed by atoms with Crippen molar-refractivity contribution in [3.63, 3.8) is 0 Å². The van der Waals surface area contributed by atoms with Crippen LogP contribution in [-0.2, 0) is 4.74 Å². The lowest BCUT2D eigenvalue weighted by atomic mass is 10.2. The molecule has 3 heterocycles. The van der Waals surface area contributed by atoms with Crippen molar-refractivity contribution in [2.45, 2.75) is 53.0 Å². The summed E-state index contributed by atoms with van der Waals surface area (Å²) in [5.41, 5.74) is 4.08. The molecule has 3 aromatic heterocycles. The van der Waals surface area contributed by atoms with Gasteiger partial charge in [-0.05, 0) is 63.1 Å². The average Bonchev–Trinajstić information content (AvgIpc) is 3.20. The highest BCUT2D eigenvalue weighted by Gasteiger charge is 2.23. The number of nitrogens with zero attached hydrogens (tertiary/aromatic N) is 5. The molecule has 184 valence electrons. The highest BCUT2D eigenvalue weighted by Crippen LogP contribution is 2.29. The SMILES string of the molecule is CCCCOC(=O)c1ccc(-n2c3nc4ccccc4nc3c3c(=O)n([C@H](C)CC)c(C)nc32)cc1. The van der Waals surface area contributed by atoms with Gasteiger partial charge >= 0.3 is 5.97 Å². The van der Waals surface area contributed by atoms with Gasteiger partial charge in [-0.1, -0.05) is 32.4 Å². The number of para-hydroxylation sites is 2. The summed E-state index contributed by atoms with van der Waals surface area (Å²) in [4.78, 5) is 40.8. The van der Waals surface area contributed by atoms with E-state index in [1.165, 1.54) is 0 Å². The molecular formula is C28H29N5O3. The molecule has 0 spiro atoms. The van der Waals surface area contributed by atoms with Gasteiger partial charge in [0.05, 0.1) is 23.2 Å². The Labute approximate surface area is 208 Å². The first-order valence-corrected chi connectivity index (χ1v) is 12.4. The fraction of sp³-hybridized carbons (Fsp3) is 0.321. The largest absolute Gasteiger partial charge is 0.462 e. The first-order chi connectivity index (χ1) is 17.4. The van der Waals surface area contributed by atoms with Crippen molar-refractivity contribution in [3.05, 3.63) is 70.3 Å². The monoisotopic (exact) mass is 483 g/mol. The molecule has 8 nitrogen and oxygen atoms in total.